The zero-order valence-corrected chi connectivity index (χ0v) is 11.9. The van der Waals surface area contributed by atoms with Crippen LogP contribution in [0.25, 0.3) is 0 Å². The van der Waals surface area contributed by atoms with Crippen LogP contribution in [0.3, 0.4) is 0 Å². The fraction of sp³-hybridized carbons (Fsp3) is 0.333. The van der Waals surface area contributed by atoms with Crippen LogP contribution in [0.1, 0.15) is 40.7 Å². The summed E-state index contributed by atoms with van der Waals surface area (Å²) < 4.78 is 32.2. The number of carboxylic acids is 1. The lowest BCUT2D eigenvalue weighted by atomic mass is 10.2. The third-order valence-corrected chi connectivity index (χ3v) is 4.60. The highest BCUT2D eigenvalue weighted by atomic mass is 32.2. The van der Waals surface area contributed by atoms with Gasteiger partial charge in [-0.25, -0.2) is 13.2 Å². The maximum atomic E-state index is 12.3. The van der Waals surface area contributed by atoms with E-state index in [1.54, 1.807) is 6.92 Å². The quantitative estimate of drug-likeness (QED) is 0.771. The number of sulfonamides is 1. The Morgan fingerprint density at radius 2 is 2.24 bits per heavy atom. The third-order valence-electron chi connectivity index (χ3n) is 3.27. The molecule has 0 bridgehead atoms. The van der Waals surface area contributed by atoms with E-state index in [1.807, 2.05) is 0 Å². The maximum Gasteiger partial charge on any atom is 0.352 e. The molecule has 0 unspecified atom stereocenters. The molecule has 9 heteroatoms. The molecule has 8 nitrogen and oxygen atoms in total. The molecule has 0 atom stereocenters. The largest absolute Gasteiger partial charge is 0.477 e. The number of rotatable bonds is 5. The van der Waals surface area contributed by atoms with Gasteiger partial charge in [-0.3, -0.25) is 4.72 Å². The number of carboxylic acid groups (broad SMARTS) is 1. The number of hydrogen-bond donors (Lipinski definition) is 3. The molecule has 3 rings (SSSR count). The zero-order chi connectivity index (χ0) is 15.2. The van der Waals surface area contributed by atoms with Crippen LogP contribution in [0.5, 0.6) is 0 Å². The smallest absolute Gasteiger partial charge is 0.352 e. The van der Waals surface area contributed by atoms with Gasteiger partial charge in [-0.15, -0.1) is 0 Å². The fourth-order valence-corrected chi connectivity index (χ4v) is 3.10. The predicted octanol–water partition coefficient (Wildman–Crippen LogP) is 1.69. The number of H-pyrrole nitrogens is 1. The van der Waals surface area contributed by atoms with E-state index in [1.165, 1.54) is 0 Å². The lowest BCUT2D eigenvalue weighted by Crippen LogP contribution is -2.13. The zero-order valence-electron chi connectivity index (χ0n) is 11.1. The molecule has 1 aliphatic carbocycles. The Balaban J connectivity index is 1.92. The predicted molar refractivity (Wildman–Crippen MR) is 71.8 cm³/mol. The van der Waals surface area contributed by atoms with Gasteiger partial charge in [-0.2, -0.15) is 0 Å². The number of hydrogen-bond acceptors (Lipinski definition) is 5. The molecule has 0 amide bonds. The Labute approximate surface area is 120 Å². The van der Waals surface area contributed by atoms with Crippen molar-refractivity contribution in [3.8, 4) is 0 Å². The van der Waals surface area contributed by atoms with E-state index in [0.717, 1.165) is 25.1 Å². The second-order valence-corrected chi connectivity index (χ2v) is 6.62. The summed E-state index contributed by atoms with van der Waals surface area (Å²) in [6.45, 7) is 1.65. The van der Waals surface area contributed by atoms with Crippen molar-refractivity contribution in [3.63, 3.8) is 0 Å². The highest BCUT2D eigenvalue weighted by Crippen LogP contribution is 2.44. The lowest BCUT2D eigenvalue weighted by molar-refractivity contribution is 0.0691. The van der Waals surface area contributed by atoms with Crippen molar-refractivity contribution in [1.29, 1.82) is 0 Å². The standard InChI is InChI=1S/C12H13N3O5S/c1-6-10(11(20-14-6)7-2-3-7)15-21(18,19)8-4-9(12(16)17)13-5-8/h4-5,7,13,15H,2-3H2,1H3,(H,16,17). The van der Waals surface area contributed by atoms with Crippen LogP contribution < -0.4 is 4.72 Å². The molecule has 2 aromatic heterocycles. The minimum Gasteiger partial charge on any atom is -0.477 e. The van der Waals surface area contributed by atoms with E-state index in [0.29, 0.717) is 17.1 Å². The summed E-state index contributed by atoms with van der Waals surface area (Å²) in [6.07, 6.45) is 3.01. The minimum atomic E-state index is -3.89. The van der Waals surface area contributed by atoms with E-state index in [9.17, 15) is 13.2 Å². The Hall–Kier alpha value is -2.29. The van der Waals surface area contributed by atoms with Crippen LogP contribution in [-0.4, -0.2) is 29.6 Å². The molecule has 2 heterocycles. The van der Waals surface area contributed by atoms with E-state index in [2.05, 4.69) is 14.9 Å². The van der Waals surface area contributed by atoms with Crippen LogP contribution in [-0.2, 0) is 10.0 Å². The summed E-state index contributed by atoms with van der Waals surface area (Å²) >= 11 is 0. The SMILES string of the molecule is Cc1noc(C2CC2)c1NS(=O)(=O)c1c[nH]c(C(=O)O)c1. The van der Waals surface area contributed by atoms with Crippen molar-refractivity contribution in [2.45, 2.75) is 30.6 Å². The van der Waals surface area contributed by atoms with Crippen molar-refractivity contribution in [1.82, 2.24) is 10.1 Å². The molecule has 1 fully saturated rings. The number of carbonyl (C=O) groups is 1. The molecular weight excluding hydrogens is 298 g/mol. The maximum absolute atomic E-state index is 12.3. The first-order chi connectivity index (χ1) is 9.88. The summed E-state index contributed by atoms with van der Waals surface area (Å²) in [5, 5.41) is 12.6. The molecule has 1 saturated carbocycles. The number of nitrogens with one attached hydrogen (secondary N) is 2. The highest BCUT2D eigenvalue weighted by Gasteiger charge is 2.33. The van der Waals surface area contributed by atoms with Gasteiger partial charge < -0.3 is 14.6 Å². The van der Waals surface area contributed by atoms with Gasteiger partial charge in [0, 0.05) is 12.1 Å². The Kier molecular flexibility index (Phi) is 3.01. The summed E-state index contributed by atoms with van der Waals surface area (Å²) in [4.78, 5) is 13.0. The van der Waals surface area contributed by atoms with Crippen molar-refractivity contribution < 1.29 is 22.8 Å². The van der Waals surface area contributed by atoms with Gasteiger partial charge in [0.2, 0.25) is 0 Å². The summed E-state index contributed by atoms with van der Waals surface area (Å²) in [5.41, 5.74) is 0.602. The topological polar surface area (TPSA) is 125 Å². The van der Waals surface area contributed by atoms with E-state index >= 15 is 0 Å². The van der Waals surface area contributed by atoms with E-state index < -0.39 is 16.0 Å². The van der Waals surface area contributed by atoms with Crippen molar-refractivity contribution >= 4 is 21.7 Å². The van der Waals surface area contributed by atoms with Crippen LogP contribution in [0, 0.1) is 6.92 Å². The molecule has 112 valence electrons. The number of aromatic nitrogens is 2. The van der Waals surface area contributed by atoms with Gasteiger partial charge in [0.1, 0.15) is 22.0 Å². The number of anilines is 1. The minimum absolute atomic E-state index is 0.151. The average Bonchev–Trinajstić information content (AvgIpc) is 2.99. The van der Waals surface area contributed by atoms with Gasteiger partial charge >= 0.3 is 5.97 Å². The van der Waals surface area contributed by atoms with E-state index in [4.69, 9.17) is 9.63 Å². The number of aromatic amines is 1. The average molecular weight is 311 g/mol. The van der Waals surface area contributed by atoms with Crippen molar-refractivity contribution in [2.75, 3.05) is 4.72 Å². The van der Waals surface area contributed by atoms with Gasteiger partial charge in [0.15, 0.2) is 5.76 Å². The molecule has 21 heavy (non-hydrogen) atoms. The first-order valence-corrected chi connectivity index (χ1v) is 7.77. The fourth-order valence-electron chi connectivity index (χ4n) is 1.98. The molecule has 3 N–H and O–H groups in total. The molecule has 0 saturated heterocycles. The Morgan fingerprint density at radius 3 is 2.81 bits per heavy atom. The Bertz CT molecular complexity index is 801. The number of nitrogens with zero attached hydrogens (tertiary/aromatic N) is 1. The second kappa shape index (κ2) is 4.62. The van der Waals surface area contributed by atoms with Gasteiger partial charge in [0.25, 0.3) is 10.0 Å². The van der Waals surface area contributed by atoms with Gasteiger partial charge in [0.05, 0.1) is 0 Å². The summed E-state index contributed by atoms with van der Waals surface area (Å²) in [7, 11) is -3.89. The highest BCUT2D eigenvalue weighted by molar-refractivity contribution is 7.92. The van der Waals surface area contributed by atoms with Crippen molar-refractivity contribution in [2.24, 2.45) is 0 Å². The monoisotopic (exact) mass is 311 g/mol. The van der Waals surface area contributed by atoms with Gasteiger partial charge in [-0.05, 0) is 25.8 Å². The second-order valence-electron chi connectivity index (χ2n) is 4.94. The molecule has 0 spiro atoms. The molecule has 0 aromatic carbocycles. The number of aryl methyl sites for hydroxylation is 1. The van der Waals surface area contributed by atoms with Crippen LogP contribution in [0.2, 0.25) is 0 Å². The lowest BCUT2D eigenvalue weighted by Gasteiger charge is -2.06. The van der Waals surface area contributed by atoms with Gasteiger partial charge in [-0.1, -0.05) is 5.16 Å². The number of aromatic carboxylic acids is 1. The van der Waals surface area contributed by atoms with Crippen LogP contribution >= 0.6 is 0 Å². The van der Waals surface area contributed by atoms with Crippen LogP contribution in [0.15, 0.2) is 21.7 Å². The Morgan fingerprint density at radius 1 is 1.52 bits per heavy atom. The van der Waals surface area contributed by atoms with Crippen LogP contribution in [0.4, 0.5) is 5.69 Å². The van der Waals surface area contributed by atoms with E-state index in [-0.39, 0.29) is 16.5 Å². The third kappa shape index (κ3) is 2.51. The normalized spacial score (nSPS) is 15.1. The molecule has 0 aliphatic heterocycles. The van der Waals surface area contributed by atoms with Crippen molar-refractivity contribution in [3.05, 3.63) is 29.4 Å². The molecular formula is C12H13N3O5S. The first kappa shape index (κ1) is 13.7. The summed E-state index contributed by atoms with van der Waals surface area (Å²) in [5.74, 6) is -0.494. The molecule has 0 radical (unpaired) electrons. The molecule has 2 aromatic rings. The first-order valence-electron chi connectivity index (χ1n) is 6.29. The summed E-state index contributed by atoms with van der Waals surface area (Å²) in [6, 6.07) is 1.06. The molecule has 1 aliphatic rings.